The molecule has 2 N–H and O–H groups in total. The van der Waals surface area contributed by atoms with Crippen molar-refractivity contribution in [1.29, 1.82) is 0 Å². The summed E-state index contributed by atoms with van der Waals surface area (Å²) in [5, 5.41) is 0.246. The number of rotatable bonds is 10. The average Bonchev–Trinajstić information content (AvgIpc) is 3.15. The maximum absolute atomic E-state index is 12.4. The van der Waals surface area contributed by atoms with Crippen LogP contribution in [0.5, 0.6) is 5.75 Å². The SMILES string of the molecule is CCOC(=O)COc1ccc(-c2nc(C(=O)OCC)sc2C2=CC=C(/C=C/C(N)=O)CC=C2)cc1. The Balaban J connectivity index is 1.93. The third kappa shape index (κ3) is 7.25. The van der Waals surface area contributed by atoms with Gasteiger partial charge in [-0.3, -0.25) is 4.79 Å². The number of nitrogens with zero attached hydrogens (tertiary/aromatic N) is 1. The number of carbonyl (C=O) groups is 3. The molecule has 1 amide bonds. The first-order valence-corrected chi connectivity index (χ1v) is 11.8. The third-order valence-corrected chi connectivity index (χ3v) is 5.80. The van der Waals surface area contributed by atoms with E-state index in [4.69, 9.17) is 19.9 Å². The number of aromatic nitrogens is 1. The van der Waals surface area contributed by atoms with Crippen molar-refractivity contribution in [3.8, 4) is 17.0 Å². The minimum absolute atomic E-state index is 0.182. The number of primary amides is 1. The fourth-order valence-corrected chi connectivity index (χ4v) is 4.14. The molecular weight excluding hydrogens is 468 g/mol. The fourth-order valence-electron chi connectivity index (χ4n) is 3.15. The van der Waals surface area contributed by atoms with Crippen molar-refractivity contribution in [3.05, 3.63) is 76.2 Å². The predicted octanol–water partition coefficient (Wildman–Crippen LogP) is 4.24. The van der Waals surface area contributed by atoms with Crippen LogP contribution in [0.2, 0.25) is 0 Å². The van der Waals surface area contributed by atoms with E-state index in [0.29, 0.717) is 24.5 Å². The molecule has 0 saturated heterocycles. The average molecular weight is 495 g/mol. The number of nitrogens with two attached hydrogens (primary N) is 1. The summed E-state index contributed by atoms with van der Waals surface area (Å²) in [7, 11) is 0. The second-order valence-electron chi connectivity index (χ2n) is 7.24. The van der Waals surface area contributed by atoms with E-state index in [-0.39, 0.29) is 18.2 Å². The van der Waals surface area contributed by atoms with Gasteiger partial charge < -0.3 is 19.9 Å². The maximum atomic E-state index is 12.4. The quantitative estimate of drug-likeness (QED) is 0.388. The minimum Gasteiger partial charge on any atom is -0.482 e. The van der Waals surface area contributed by atoms with E-state index in [2.05, 4.69) is 4.98 Å². The Kier molecular flexibility index (Phi) is 9.14. The van der Waals surface area contributed by atoms with E-state index >= 15 is 0 Å². The standard InChI is InChI=1S/C26H26N2O6S/c1-3-32-22(30)16-34-20-13-11-18(12-14-20)23-24(35-25(28-23)26(31)33-4-2)19-7-5-6-17(8-10-19)9-15-21(27)29/h5,7-15H,3-4,6,16H2,1-2H3,(H2,27,29)/b15-9+. The zero-order chi connectivity index (χ0) is 25.2. The second-order valence-corrected chi connectivity index (χ2v) is 8.24. The van der Waals surface area contributed by atoms with Gasteiger partial charge in [-0.05, 0) is 55.7 Å². The van der Waals surface area contributed by atoms with Crippen molar-refractivity contribution in [2.45, 2.75) is 20.3 Å². The van der Waals surface area contributed by atoms with Gasteiger partial charge >= 0.3 is 11.9 Å². The highest BCUT2D eigenvalue weighted by Crippen LogP contribution is 2.36. The highest BCUT2D eigenvalue weighted by molar-refractivity contribution is 7.15. The minimum atomic E-state index is -0.512. The van der Waals surface area contributed by atoms with E-state index in [1.165, 1.54) is 17.4 Å². The fraction of sp³-hybridized carbons (Fsp3) is 0.231. The molecule has 8 nitrogen and oxygen atoms in total. The summed E-state index contributed by atoms with van der Waals surface area (Å²) in [4.78, 5) is 40.4. The molecule has 1 heterocycles. The highest BCUT2D eigenvalue weighted by Gasteiger charge is 2.21. The molecule has 9 heteroatoms. The molecule has 2 aromatic rings. The van der Waals surface area contributed by atoms with Crippen molar-refractivity contribution < 1.29 is 28.6 Å². The topological polar surface area (TPSA) is 118 Å². The zero-order valence-corrected chi connectivity index (χ0v) is 20.3. The molecule has 0 saturated carbocycles. The number of benzene rings is 1. The predicted molar refractivity (Wildman–Crippen MR) is 134 cm³/mol. The second kappa shape index (κ2) is 12.5. The Morgan fingerprint density at radius 2 is 1.83 bits per heavy atom. The Morgan fingerprint density at radius 1 is 1.09 bits per heavy atom. The van der Waals surface area contributed by atoms with Crippen molar-refractivity contribution in [2.75, 3.05) is 19.8 Å². The number of thiazole rings is 1. The number of amides is 1. The van der Waals surface area contributed by atoms with Gasteiger partial charge in [0, 0.05) is 11.6 Å². The van der Waals surface area contributed by atoms with Gasteiger partial charge in [-0.1, -0.05) is 30.4 Å². The van der Waals surface area contributed by atoms with E-state index in [1.807, 2.05) is 36.4 Å². The van der Waals surface area contributed by atoms with Gasteiger partial charge in [0.1, 0.15) is 5.75 Å². The van der Waals surface area contributed by atoms with Gasteiger partial charge in [0.2, 0.25) is 10.9 Å². The van der Waals surface area contributed by atoms with Crippen LogP contribution in [0.25, 0.3) is 16.8 Å². The Hall–Kier alpha value is -3.98. The maximum Gasteiger partial charge on any atom is 0.367 e. The lowest BCUT2D eigenvalue weighted by molar-refractivity contribution is -0.145. The molecule has 3 rings (SSSR count). The lowest BCUT2D eigenvalue weighted by Crippen LogP contribution is -2.14. The monoisotopic (exact) mass is 494 g/mol. The van der Waals surface area contributed by atoms with E-state index in [9.17, 15) is 14.4 Å². The first-order chi connectivity index (χ1) is 16.9. The van der Waals surface area contributed by atoms with Gasteiger partial charge in [0.25, 0.3) is 0 Å². The van der Waals surface area contributed by atoms with Gasteiger partial charge in [-0.2, -0.15) is 0 Å². The largest absolute Gasteiger partial charge is 0.482 e. The third-order valence-electron chi connectivity index (χ3n) is 4.72. The molecule has 0 spiro atoms. The normalized spacial score (nSPS) is 13.1. The molecule has 0 aliphatic heterocycles. The molecule has 1 aliphatic rings. The van der Waals surface area contributed by atoms with Gasteiger partial charge in [0.05, 0.1) is 23.8 Å². The van der Waals surface area contributed by atoms with Crippen molar-refractivity contribution in [1.82, 2.24) is 4.98 Å². The number of ether oxygens (including phenoxy) is 3. The molecular formula is C26H26N2O6S. The summed E-state index contributed by atoms with van der Waals surface area (Å²) < 4.78 is 15.5. The van der Waals surface area contributed by atoms with Crippen LogP contribution < -0.4 is 10.5 Å². The van der Waals surface area contributed by atoms with Gasteiger partial charge in [-0.25, -0.2) is 14.6 Å². The van der Waals surface area contributed by atoms with E-state index < -0.39 is 17.8 Å². The number of carbonyl (C=O) groups excluding carboxylic acids is 3. The number of hydrogen-bond acceptors (Lipinski definition) is 8. The molecule has 35 heavy (non-hydrogen) atoms. The summed E-state index contributed by atoms with van der Waals surface area (Å²) in [6, 6.07) is 7.08. The van der Waals surface area contributed by atoms with Crippen molar-refractivity contribution in [2.24, 2.45) is 5.73 Å². The summed E-state index contributed by atoms with van der Waals surface area (Å²) in [5.41, 5.74) is 8.36. The molecule has 0 fully saturated rings. The molecule has 0 radical (unpaired) electrons. The molecule has 1 aliphatic carbocycles. The van der Waals surface area contributed by atoms with Gasteiger partial charge in [0.15, 0.2) is 6.61 Å². The summed E-state index contributed by atoms with van der Waals surface area (Å²) in [6.45, 7) is 3.83. The summed E-state index contributed by atoms with van der Waals surface area (Å²) in [5.74, 6) is -0.936. The molecule has 0 unspecified atom stereocenters. The Morgan fingerprint density at radius 3 is 2.51 bits per heavy atom. The van der Waals surface area contributed by atoms with E-state index in [0.717, 1.165) is 21.6 Å². The Labute approximate surface area is 207 Å². The number of allylic oxidation sites excluding steroid dienone is 7. The lowest BCUT2D eigenvalue weighted by atomic mass is 10.1. The van der Waals surface area contributed by atoms with Crippen molar-refractivity contribution >= 4 is 34.8 Å². The zero-order valence-electron chi connectivity index (χ0n) is 19.5. The number of hydrogen-bond donors (Lipinski definition) is 1. The Bertz CT molecular complexity index is 1200. The van der Waals surface area contributed by atoms with Crippen LogP contribution in [0.4, 0.5) is 0 Å². The van der Waals surface area contributed by atoms with E-state index in [1.54, 1.807) is 32.1 Å². The van der Waals surface area contributed by atoms with Crippen LogP contribution in [0.1, 0.15) is 34.9 Å². The van der Waals surface area contributed by atoms with Gasteiger partial charge in [-0.15, -0.1) is 11.3 Å². The summed E-state index contributed by atoms with van der Waals surface area (Å²) in [6.07, 6.45) is 11.3. The molecule has 1 aromatic heterocycles. The van der Waals surface area contributed by atoms with Crippen LogP contribution in [-0.4, -0.2) is 42.7 Å². The smallest absolute Gasteiger partial charge is 0.367 e. The first kappa shape index (κ1) is 25.6. The van der Waals surface area contributed by atoms with Crippen molar-refractivity contribution in [3.63, 3.8) is 0 Å². The summed E-state index contributed by atoms with van der Waals surface area (Å²) >= 11 is 1.24. The first-order valence-electron chi connectivity index (χ1n) is 11.0. The van der Waals surface area contributed by atoms with Crippen LogP contribution in [0, 0.1) is 0 Å². The molecule has 0 bridgehead atoms. The van der Waals surface area contributed by atoms with Crippen LogP contribution in [0.15, 0.2) is 66.3 Å². The molecule has 182 valence electrons. The van der Waals surface area contributed by atoms with Crippen LogP contribution in [-0.2, 0) is 19.1 Å². The lowest BCUT2D eigenvalue weighted by Gasteiger charge is -2.07. The molecule has 0 atom stereocenters. The van der Waals surface area contributed by atoms with Crippen LogP contribution in [0.3, 0.4) is 0 Å². The highest BCUT2D eigenvalue weighted by atomic mass is 32.1. The number of esters is 2. The van der Waals surface area contributed by atoms with Crippen LogP contribution >= 0.6 is 11.3 Å². The molecule has 1 aromatic carbocycles.